The largest absolute Gasteiger partial charge is 0.460 e. The Morgan fingerprint density at radius 2 is 2.00 bits per heavy atom. The third kappa shape index (κ3) is 2.27. The minimum absolute atomic E-state index is 0.122. The molecular weight excluding hydrogens is 412 g/mol. The van der Waals surface area contributed by atoms with Gasteiger partial charge in [-0.05, 0) is 59.9 Å². The molecule has 0 bridgehead atoms. The van der Waals surface area contributed by atoms with E-state index in [0.29, 0.717) is 15.1 Å². The molecule has 2 rings (SSSR count). The van der Waals surface area contributed by atoms with Gasteiger partial charge in [-0.3, -0.25) is 4.79 Å². The Kier molecular flexibility index (Phi) is 3.49. The van der Waals surface area contributed by atoms with E-state index in [1.807, 2.05) is 0 Å². The number of carbonyl (C=O) groups is 1. The van der Waals surface area contributed by atoms with E-state index in [9.17, 15) is 4.79 Å². The van der Waals surface area contributed by atoms with Crippen LogP contribution in [0.5, 0.6) is 0 Å². The molecule has 0 aliphatic heterocycles. The Hall–Kier alpha value is 0.0900. The van der Waals surface area contributed by atoms with Crippen LogP contribution in [-0.4, -0.2) is 5.78 Å². The molecular formula is C9H3Br3O2S. The summed E-state index contributed by atoms with van der Waals surface area (Å²) in [7, 11) is 0. The third-order valence-electron chi connectivity index (χ3n) is 1.69. The van der Waals surface area contributed by atoms with Crippen molar-refractivity contribution in [2.45, 2.75) is 0 Å². The zero-order valence-corrected chi connectivity index (χ0v) is 12.7. The van der Waals surface area contributed by atoms with Crippen LogP contribution in [0.25, 0.3) is 0 Å². The van der Waals surface area contributed by atoms with Gasteiger partial charge in [0.1, 0.15) is 0 Å². The SMILES string of the molecule is O=C(c1cc(Br)c(Br)s1)c1occc1Br. The van der Waals surface area contributed by atoms with Gasteiger partial charge in [-0.1, -0.05) is 0 Å². The van der Waals surface area contributed by atoms with Crippen LogP contribution in [0, 0.1) is 0 Å². The van der Waals surface area contributed by atoms with E-state index in [1.54, 1.807) is 12.1 Å². The first kappa shape index (κ1) is 11.6. The van der Waals surface area contributed by atoms with Gasteiger partial charge in [0.25, 0.3) is 0 Å². The van der Waals surface area contributed by atoms with E-state index in [-0.39, 0.29) is 5.78 Å². The first-order chi connectivity index (χ1) is 7.09. The number of rotatable bonds is 2. The van der Waals surface area contributed by atoms with Gasteiger partial charge in [0.2, 0.25) is 5.78 Å². The van der Waals surface area contributed by atoms with Crippen LogP contribution in [-0.2, 0) is 0 Å². The second-order valence-electron chi connectivity index (χ2n) is 2.66. The Morgan fingerprint density at radius 1 is 1.27 bits per heavy atom. The van der Waals surface area contributed by atoms with Gasteiger partial charge in [0.05, 0.1) is 19.4 Å². The lowest BCUT2D eigenvalue weighted by molar-refractivity contribution is 0.101. The van der Waals surface area contributed by atoms with Crippen LogP contribution in [0.2, 0.25) is 0 Å². The first-order valence-corrected chi connectivity index (χ1v) is 7.01. The van der Waals surface area contributed by atoms with Gasteiger partial charge >= 0.3 is 0 Å². The molecule has 0 radical (unpaired) electrons. The summed E-state index contributed by atoms with van der Waals surface area (Å²) in [5.41, 5.74) is 0. The molecule has 0 aliphatic carbocycles. The highest BCUT2D eigenvalue weighted by Gasteiger charge is 2.19. The second kappa shape index (κ2) is 4.53. The Bertz CT molecular complexity index is 496. The summed E-state index contributed by atoms with van der Waals surface area (Å²) >= 11 is 11.3. The molecule has 0 aromatic carbocycles. The molecule has 15 heavy (non-hydrogen) atoms. The zero-order chi connectivity index (χ0) is 11.0. The number of ketones is 1. The van der Waals surface area contributed by atoms with Crippen molar-refractivity contribution in [1.82, 2.24) is 0 Å². The van der Waals surface area contributed by atoms with Crippen LogP contribution in [0.3, 0.4) is 0 Å². The van der Waals surface area contributed by atoms with Crippen molar-refractivity contribution in [3.63, 3.8) is 0 Å². The summed E-state index contributed by atoms with van der Waals surface area (Å²) in [5.74, 6) is 0.208. The van der Waals surface area contributed by atoms with Gasteiger partial charge < -0.3 is 4.42 Å². The van der Waals surface area contributed by atoms with Gasteiger partial charge in [-0.15, -0.1) is 11.3 Å². The fourth-order valence-corrected chi connectivity index (χ4v) is 3.38. The van der Waals surface area contributed by atoms with Crippen LogP contribution in [0.15, 0.2) is 35.5 Å². The summed E-state index contributed by atoms with van der Waals surface area (Å²) in [4.78, 5) is 12.6. The predicted molar refractivity (Wildman–Crippen MR) is 69.6 cm³/mol. The molecule has 2 aromatic rings. The zero-order valence-electron chi connectivity index (χ0n) is 7.09. The van der Waals surface area contributed by atoms with Crippen LogP contribution < -0.4 is 0 Å². The minimum atomic E-state index is -0.122. The summed E-state index contributed by atoms with van der Waals surface area (Å²) in [5, 5.41) is 0. The van der Waals surface area contributed by atoms with E-state index in [1.165, 1.54) is 17.6 Å². The Labute approximate surface area is 115 Å². The topological polar surface area (TPSA) is 30.2 Å². The average Bonchev–Trinajstić information content (AvgIpc) is 2.74. The van der Waals surface area contributed by atoms with E-state index < -0.39 is 0 Å². The van der Waals surface area contributed by atoms with Crippen LogP contribution >= 0.6 is 59.1 Å². The molecule has 0 unspecified atom stereocenters. The molecule has 0 amide bonds. The summed E-state index contributed by atoms with van der Waals surface area (Å²) in [6.07, 6.45) is 1.48. The fourth-order valence-electron chi connectivity index (χ4n) is 1.03. The molecule has 2 nitrogen and oxygen atoms in total. The Balaban J connectivity index is 2.41. The van der Waals surface area contributed by atoms with Gasteiger partial charge in [0.15, 0.2) is 5.76 Å². The number of hydrogen-bond donors (Lipinski definition) is 0. The molecule has 2 heterocycles. The molecule has 78 valence electrons. The number of hydrogen-bond acceptors (Lipinski definition) is 3. The van der Waals surface area contributed by atoms with Crippen molar-refractivity contribution in [2.75, 3.05) is 0 Å². The number of carbonyl (C=O) groups excluding carboxylic acids is 1. The summed E-state index contributed by atoms with van der Waals surface area (Å²) in [6, 6.07) is 3.47. The lowest BCUT2D eigenvalue weighted by Crippen LogP contribution is -1.96. The number of halogens is 3. The minimum Gasteiger partial charge on any atom is -0.460 e. The quantitative estimate of drug-likeness (QED) is 0.657. The van der Waals surface area contributed by atoms with Crippen molar-refractivity contribution in [2.24, 2.45) is 0 Å². The molecule has 0 saturated heterocycles. The van der Waals surface area contributed by atoms with Crippen molar-refractivity contribution in [3.05, 3.63) is 41.8 Å². The third-order valence-corrected chi connectivity index (χ3v) is 5.57. The van der Waals surface area contributed by atoms with Crippen LogP contribution in [0.1, 0.15) is 15.4 Å². The van der Waals surface area contributed by atoms with Crippen molar-refractivity contribution >= 4 is 64.9 Å². The maximum atomic E-state index is 11.9. The van der Waals surface area contributed by atoms with Crippen molar-refractivity contribution in [3.8, 4) is 0 Å². The molecule has 0 fully saturated rings. The maximum Gasteiger partial charge on any atom is 0.239 e. The highest BCUT2D eigenvalue weighted by Crippen LogP contribution is 2.34. The maximum absolute atomic E-state index is 11.9. The highest BCUT2D eigenvalue weighted by molar-refractivity contribution is 9.13. The van der Waals surface area contributed by atoms with Crippen molar-refractivity contribution in [1.29, 1.82) is 0 Å². The molecule has 0 saturated carbocycles. The monoisotopic (exact) mass is 412 g/mol. The second-order valence-corrected chi connectivity index (χ2v) is 6.74. The lowest BCUT2D eigenvalue weighted by Gasteiger charge is -1.92. The number of furan rings is 1. The average molecular weight is 415 g/mol. The molecule has 6 heteroatoms. The molecule has 0 atom stereocenters. The lowest BCUT2D eigenvalue weighted by atomic mass is 10.2. The molecule has 0 aliphatic rings. The summed E-state index contributed by atoms with van der Waals surface area (Å²) < 4.78 is 7.55. The highest BCUT2D eigenvalue weighted by atomic mass is 79.9. The van der Waals surface area contributed by atoms with E-state index in [4.69, 9.17) is 4.42 Å². The Morgan fingerprint density at radius 3 is 2.47 bits per heavy atom. The molecule has 0 N–H and O–H groups in total. The van der Waals surface area contributed by atoms with Gasteiger partial charge in [-0.25, -0.2) is 0 Å². The van der Waals surface area contributed by atoms with Gasteiger partial charge in [-0.2, -0.15) is 0 Å². The fraction of sp³-hybridized carbons (Fsp3) is 0. The van der Waals surface area contributed by atoms with Crippen LogP contribution in [0.4, 0.5) is 0 Å². The van der Waals surface area contributed by atoms with E-state index >= 15 is 0 Å². The first-order valence-electron chi connectivity index (χ1n) is 3.82. The van der Waals surface area contributed by atoms with Gasteiger partial charge in [0, 0.05) is 4.47 Å². The van der Waals surface area contributed by atoms with E-state index in [0.717, 1.165) is 8.26 Å². The molecule has 0 spiro atoms. The normalized spacial score (nSPS) is 10.6. The van der Waals surface area contributed by atoms with Crippen molar-refractivity contribution < 1.29 is 9.21 Å². The number of thiophene rings is 1. The standard InChI is InChI=1S/C9H3Br3O2S/c10-4-1-2-14-8(4)7(13)6-3-5(11)9(12)15-6/h1-3H. The predicted octanol–water partition coefficient (Wildman–Crippen LogP) is 4.86. The summed E-state index contributed by atoms with van der Waals surface area (Å²) in [6.45, 7) is 0. The smallest absolute Gasteiger partial charge is 0.239 e. The molecule has 2 aromatic heterocycles. The van der Waals surface area contributed by atoms with E-state index in [2.05, 4.69) is 47.8 Å².